The number of rotatable bonds is 5. The first-order chi connectivity index (χ1) is 8.91. The van der Waals surface area contributed by atoms with E-state index in [0.29, 0.717) is 25.0 Å². The Hall–Kier alpha value is -0.780. The molecule has 0 spiro atoms. The third kappa shape index (κ3) is 4.36. The van der Waals surface area contributed by atoms with Crippen LogP contribution in [0.2, 0.25) is 0 Å². The van der Waals surface area contributed by atoms with E-state index in [1.54, 1.807) is 12.1 Å². The van der Waals surface area contributed by atoms with Crippen LogP contribution in [0.5, 0.6) is 0 Å². The maximum atomic E-state index is 12.5. The Bertz CT molecular complexity index is 415. The normalized spacial score (nSPS) is 16.9. The molecule has 0 amide bonds. The molecule has 6 heteroatoms. The molecule has 1 unspecified atom stereocenters. The van der Waals surface area contributed by atoms with E-state index >= 15 is 0 Å². The molecule has 1 saturated carbocycles. The van der Waals surface area contributed by atoms with Crippen LogP contribution in [0, 0.1) is 5.92 Å². The lowest BCUT2D eigenvalue weighted by atomic mass is 10.1. The highest BCUT2D eigenvalue weighted by atomic mass is 35.5. The van der Waals surface area contributed by atoms with Gasteiger partial charge in [-0.25, -0.2) is 0 Å². The van der Waals surface area contributed by atoms with Gasteiger partial charge in [0.1, 0.15) is 0 Å². The summed E-state index contributed by atoms with van der Waals surface area (Å²) in [4.78, 5) is 2.14. The topological polar surface area (TPSA) is 29.3 Å². The molecule has 0 aromatic heterocycles. The number of alkyl halides is 3. The molecule has 1 atom stereocenters. The van der Waals surface area contributed by atoms with E-state index < -0.39 is 11.7 Å². The summed E-state index contributed by atoms with van der Waals surface area (Å²) in [5, 5.41) is 0. The van der Waals surface area contributed by atoms with Gasteiger partial charge in [-0.05, 0) is 43.5 Å². The van der Waals surface area contributed by atoms with E-state index in [2.05, 4.69) is 4.90 Å². The maximum absolute atomic E-state index is 12.5. The van der Waals surface area contributed by atoms with Gasteiger partial charge in [0.15, 0.2) is 0 Å². The molecular formula is C14H20ClF3N2. The Balaban J connectivity index is 0.00000200. The summed E-state index contributed by atoms with van der Waals surface area (Å²) >= 11 is 0. The highest BCUT2D eigenvalue weighted by molar-refractivity contribution is 5.85. The van der Waals surface area contributed by atoms with Crippen LogP contribution < -0.4 is 5.73 Å². The average molecular weight is 309 g/mol. The van der Waals surface area contributed by atoms with Crippen LogP contribution in [0.1, 0.15) is 24.0 Å². The Kier molecular flexibility index (Phi) is 5.86. The van der Waals surface area contributed by atoms with Gasteiger partial charge in [-0.1, -0.05) is 12.1 Å². The zero-order valence-electron chi connectivity index (χ0n) is 11.4. The minimum Gasteiger partial charge on any atom is -0.329 e. The molecule has 1 aliphatic rings. The van der Waals surface area contributed by atoms with Crippen molar-refractivity contribution in [2.45, 2.75) is 31.6 Å². The Labute approximate surface area is 123 Å². The van der Waals surface area contributed by atoms with Gasteiger partial charge in [-0.15, -0.1) is 12.4 Å². The number of nitrogens with two attached hydrogens (primary N) is 1. The molecule has 1 aromatic rings. The monoisotopic (exact) mass is 308 g/mol. The second-order valence-electron chi connectivity index (χ2n) is 5.25. The molecule has 2 N–H and O–H groups in total. The van der Waals surface area contributed by atoms with Crippen molar-refractivity contribution in [2.75, 3.05) is 13.6 Å². The van der Waals surface area contributed by atoms with E-state index in [1.165, 1.54) is 12.8 Å². The summed E-state index contributed by atoms with van der Waals surface area (Å²) in [5.74, 6) is 0.657. The van der Waals surface area contributed by atoms with E-state index in [9.17, 15) is 13.2 Å². The van der Waals surface area contributed by atoms with Crippen LogP contribution in [-0.4, -0.2) is 24.5 Å². The van der Waals surface area contributed by atoms with Crippen LogP contribution in [0.3, 0.4) is 0 Å². The second-order valence-corrected chi connectivity index (χ2v) is 5.25. The number of hydrogen-bond donors (Lipinski definition) is 1. The molecule has 0 radical (unpaired) electrons. The van der Waals surface area contributed by atoms with Crippen LogP contribution >= 0.6 is 12.4 Å². The molecule has 1 fully saturated rings. The van der Waals surface area contributed by atoms with Crippen LogP contribution in [0.25, 0.3) is 0 Å². The first-order valence-corrected chi connectivity index (χ1v) is 6.48. The molecule has 0 saturated heterocycles. The Morgan fingerprint density at radius 2 is 1.80 bits per heavy atom. The van der Waals surface area contributed by atoms with Crippen LogP contribution in [0.15, 0.2) is 24.3 Å². The number of benzene rings is 1. The molecule has 1 aromatic carbocycles. The van der Waals surface area contributed by atoms with Gasteiger partial charge >= 0.3 is 6.18 Å². The molecule has 2 rings (SSSR count). The summed E-state index contributed by atoms with van der Waals surface area (Å²) in [6, 6.07) is 5.69. The van der Waals surface area contributed by atoms with Crippen molar-refractivity contribution in [3.05, 3.63) is 35.4 Å². The standard InChI is InChI=1S/C14H19F3N2.ClH/c1-19(13(8-18)11-4-5-11)9-10-2-6-12(7-3-10)14(15,16)17;/h2-3,6-7,11,13H,4-5,8-9,18H2,1H3;1H. The van der Waals surface area contributed by atoms with E-state index in [4.69, 9.17) is 5.73 Å². The van der Waals surface area contributed by atoms with Gasteiger partial charge in [-0.3, -0.25) is 4.90 Å². The Morgan fingerprint density at radius 3 is 2.20 bits per heavy atom. The molecule has 0 bridgehead atoms. The summed E-state index contributed by atoms with van der Waals surface area (Å²) < 4.78 is 37.4. The predicted octanol–water partition coefficient (Wildman–Crippen LogP) is 3.30. The van der Waals surface area contributed by atoms with E-state index in [-0.39, 0.29) is 12.4 Å². The fraction of sp³-hybridized carbons (Fsp3) is 0.571. The first kappa shape index (κ1) is 17.3. The van der Waals surface area contributed by atoms with Crippen molar-refractivity contribution in [3.63, 3.8) is 0 Å². The van der Waals surface area contributed by atoms with Crippen LogP contribution in [0.4, 0.5) is 13.2 Å². The summed E-state index contributed by atoms with van der Waals surface area (Å²) in [6.45, 7) is 1.23. The largest absolute Gasteiger partial charge is 0.416 e. The van der Waals surface area contributed by atoms with Crippen molar-refractivity contribution in [1.29, 1.82) is 0 Å². The highest BCUT2D eigenvalue weighted by Gasteiger charge is 2.33. The molecule has 0 aliphatic heterocycles. The summed E-state index contributed by atoms with van der Waals surface area (Å²) in [7, 11) is 1.98. The van der Waals surface area contributed by atoms with Crippen molar-refractivity contribution in [2.24, 2.45) is 11.7 Å². The number of hydrogen-bond acceptors (Lipinski definition) is 2. The number of halogens is 4. The predicted molar refractivity (Wildman–Crippen MR) is 75.7 cm³/mol. The average Bonchev–Trinajstić information content (AvgIpc) is 3.14. The van der Waals surface area contributed by atoms with Crippen LogP contribution in [-0.2, 0) is 12.7 Å². The summed E-state index contributed by atoms with van der Waals surface area (Å²) in [6.07, 6.45) is -1.85. The Morgan fingerprint density at radius 1 is 1.25 bits per heavy atom. The van der Waals surface area contributed by atoms with Crippen molar-refractivity contribution in [1.82, 2.24) is 4.90 Å². The van der Waals surface area contributed by atoms with E-state index in [1.807, 2.05) is 7.05 Å². The van der Waals surface area contributed by atoms with Crippen molar-refractivity contribution < 1.29 is 13.2 Å². The fourth-order valence-corrected chi connectivity index (χ4v) is 2.42. The highest BCUT2D eigenvalue weighted by Crippen LogP contribution is 2.35. The van der Waals surface area contributed by atoms with Crippen molar-refractivity contribution in [3.8, 4) is 0 Å². The molecule has 0 heterocycles. The van der Waals surface area contributed by atoms with Gasteiger partial charge in [0.25, 0.3) is 0 Å². The van der Waals surface area contributed by atoms with Gasteiger partial charge in [-0.2, -0.15) is 13.2 Å². The smallest absolute Gasteiger partial charge is 0.329 e. The van der Waals surface area contributed by atoms with Crippen molar-refractivity contribution >= 4 is 12.4 Å². The van der Waals surface area contributed by atoms with Gasteiger partial charge in [0, 0.05) is 19.1 Å². The van der Waals surface area contributed by atoms with E-state index in [0.717, 1.165) is 17.7 Å². The quantitative estimate of drug-likeness (QED) is 0.904. The zero-order valence-corrected chi connectivity index (χ0v) is 12.2. The maximum Gasteiger partial charge on any atom is 0.416 e. The molecule has 114 valence electrons. The summed E-state index contributed by atoms with van der Waals surface area (Å²) in [5.41, 5.74) is 6.04. The van der Waals surface area contributed by atoms with Gasteiger partial charge < -0.3 is 5.73 Å². The SMILES string of the molecule is CN(Cc1ccc(C(F)(F)F)cc1)C(CN)C1CC1.Cl. The third-order valence-corrected chi connectivity index (χ3v) is 3.69. The zero-order chi connectivity index (χ0) is 14.0. The molecule has 1 aliphatic carbocycles. The lowest BCUT2D eigenvalue weighted by Crippen LogP contribution is -2.39. The lowest BCUT2D eigenvalue weighted by molar-refractivity contribution is -0.137. The van der Waals surface area contributed by atoms with Gasteiger partial charge in [0.2, 0.25) is 0 Å². The first-order valence-electron chi connectivity index (χ1n) is 6.48. The third-order valence-electron chi connectivity index (χ3n) is 3.69. The number of likely N-dealkylation sites (N-methyl/N-ethyl adjacent to an activating group) is 1. The van der Waals surface area contributed by atoms with Gasteiger partial charge in [0.05, 0.1) is 5.56 Å². The molecular weight excluding hydrogens is 289 g/mol. The minimum atomic E-state index is -4.27. The number of nitrogens with zero attached hydrogens (tertiary/aromatic N) is 1. The second kappa shape index (κ2) is 6.78. The molecule has 2 nitrogen and oxygen atoms in total. The lowest BCUT2D eigenvalue weighted by Gasteiger charge is -2.27. The molecule has 20 heavy (non-hydrogen) atoms. The minimum absolute atomic E-state index is 0. The fourth-order valence-electron chi connectivity index (χ4n) is 2.42.